The molecule has 1 aromatic heterocycles. The van der Waals surface area contributed by atoms with Gasteiger partial charge < -0.3 is 20.1 Å². The maximum absolute atomic E-state index is 4.65. The van der Waals surface area contributed by atoms with Crippen molar-refractivity contribution in [2.24, 2.45) is 4.99 Å². The van der Waals surface area contributed by atoms with Crippen LogP contribution in [0.4, 0.5) is 5.69 Å². The first-order chi connectivity index (χ1) is 15.2. The Hall–Kier alpha value is -3.02. The van der Waals surface area contributed by atoms with Gasteiger partial charge in [-0.1, -0.05) is 24.3 Å². The van der Waals surface area contributed by atoms with Crippen LogP contribution in [0.15, 0.2) is 53.5 Å². The number of aryl methyl sites for hydroxylation is 2. The molecule has 164 valence electrons. The van der Waals surface area contributed by atoms with Crippen LogP contribution >= 0.6 is 0 Å². The minimum Gasteiger partial charge on any atom is -0.372 e. The average molecular weight is 419 g/mol. The van der Waals surface area contributed by atoms with Gasteiger partial charge in [-0.25, -0.2) is 4.98 Å². The molecular formula is C25H34N6. The van der Waals surface area contributed by atoms with Crippen molar-refractivity contribution in [2.75, 3.05) is 31.6 Å². The number of nitrogens with one attached hydrogen (secondary N) is 2. The largest absolute Gasteiger partial charge is 0.372 e. The summed E-state index contributed by atoms with van der Waals surface area (Å²) in [5, 5.41) is 7.00. The topological polar surface area (TPSA) is 57.5 Å². The Morgan fingerprint density at radius 3 is 2.74 bits per heavy atom. The van der Waals surface area contributed by atoms with Crippen LogP contribution in [0.5, 0.6) is 0 Å². The fourth-order valence-electron chi connectivity index (χ4n) is 4.37. The monoisotopic (exact) mass is 418 g/mol. The van der Waals surface area contributed by atoms with Gasteiger partial charge in [0.05, 0.1) is 17.1 Å². The van der Waals surface area contributed by atoms with Crippen LogP contribution in [-0.2, 0) is 6.54 Å². The van der Waals surface area contributed by atoms with Crippen molar-refractivity contribution in [1.29, 1.82) is 0 Å². The standard InChI is InChI=1S/C25H34N6/c1-19(21-10-8-11-22(18-21)30-15-6-7-16-30)28-25(26-3)27-14-9-17-31-20(2)29-23-12-4-5-13-24(23)31/h4-5,8,10-13,18-19H,6-7,9,14-17H2,1-3H3,(H2,26,27,28). The lowest BCUT2D eigenvalue weighted by atomic mass is 10.1. The Balaban J connectivity index is 1.29. The third-order valence-corrected chi connectivity index (χ3v) is 6.11. The number of aliphatic imine (C=N–C) groups is 1. The molecule has 2 aromatic carbocycles. The van der Waals surface area contributed by atoms with Crippen molar-refractivity contribution >= 4 is 22.7 Å². The minimum absolute atomic E-state index is 0.189. The van der Waals surface area contributed by atoms with E-state index in [9.17, 15) is 0 Å². The lowest BCUT2D eigenvalue weighted by Crippen LogP contribution is -2.39. The Labute approximate surface area is 185 Å². The molecule has 0 radical (unpaired) electrons. The molecule has 6 nitrogen and oxygen atoms in total. The fourth-order valence-corrected chi connectivity index (χ4v) is 4.37. The highest BCUT2D eigenvalue weighted by Crippen LogP contribution is 2.24. The van der Waals surface area contributed by atoms with E-state index in [-0.39, 0.29) is 6.04 Å². The van der Waals surface area contributed by atoms with E-state index in [1.54, 1.807) is 0 Å². The second kappa shape index (κ2) is 9.86. The molecule has 1 unspecified atom stereocenters. The van der Waals surface area contributed by atoms with Gasteiger partial charge in [-0.05, 0) is 62.9 Å². The van der Waals surface area contributed by atoms with Crippen LogP contribution in [0, 0.1) is 6.92 Å². The quantitative estimate of drug-likeness (QED) is 0.342. The van der Waals surface area contributed by atoms with Gasteiger partial charge in [0, 0.05) is 38.9 Å². The number of hydrogen-bond acceptors (Lipinski definition) is 3. The number of para-hydroxylation sites is 2. The Morgan fingerprint density at radius 2 is 1.94 bits per heavy atom. The van der Waals surface area contributed by atoms with Crippen molar-refractivity contribution in [3.05, 3.63) is 59.9 Å². The fraction of sp³-hybridized carbons (Fsp3) is 0.440. The SMILES string of the molecule is CN=C(NCCCn1c(C)nc2ccccc21)NC(C)c1cccc(N2CCCC2)c1. The van der Waals surface area contributed by atoms with E-state index in [0.29, 0.717) is 0 Å². The zero-order chi connectivity index (χ0) is 21.6. The van der Waals surface area contributed by atoms with Crippen molar-refractivity contribution in [3.63, 3.8) is 0 Å². The van der Waals surface area contributed by atoms with E-state index >= 15 is 0 Å². The zero-order valence-electron chi connectivity index (χ0n) is 18.9. The van der Waals surface area contributed by atoms with Crippen molar-refractivity contribution in [3.8, 4) is 0 Å². The number of imidazole rings is 1. The molecule has 0 saturated carbocycles. The Bertz CT molecular complexity index is 1030. The molecule has 6 heteroatoms. The number of fused-ring (bicyclic) bond motifs is 1. The minimum atomic E-state index is 0.189. The molecule has 1 saturated heterocycles. The molecule has 0 aliphatic carbocycles. The molecule has 4 rings (SSSR count). The second-order valence-corrected chi connectivity index (χ2v) is 8.31. The molecule has 0 amide bonds. The van der Waals surface area contributed by atoms with E-state index in [0.717, 1.165) is 36.8 Å². The van der Waals surface area contributed by atoms with Gasteiger partial charge in [0.1, 0.15) is 5.82 Å². The molecule has 1 aliphatic heterocycles. The van der Waals surface area contributed by atoms with Gasteiger partial charge in [-0.15, -0.1) is 0 Å². The molecule has 1 fully saturated rings. The molecule has 2 heterocycles. The van der Waals surface area contributed by atoms with Crippen LogP contribution < -0.4 is 15.5 Å². The summed E-state index contributed by atoms with van der Waals surface area (Å²) in [6.07, 6.45) is 3.59. The number of anilines is 1. The summed E-state index contributed by atoms with van der Waals surface area (Å²) < 4.78 is 2.29. The molecule has 0 bridgehead atoms. The highest BCUT2D eigenvalue weighted by Gasteiger charge is 2.14. The van der Waals surface area contributed by atoms with Gasteiger partial charge in [0.15, 0.2) is 5.96 Å². The predicted molar refractivity (Wildman–Crippen MR) is 130 cm³/mol. The lowest BCUT2D eigenvalue weighted by Gasteiger charge is -2.22. The average Bonchev–Trinajstić information content (AvgIpc) is 3.44. The summed E-state index contributed by atoms with van der Waals surface area (Å²) >= 11 is 0. The molecular weight excluding hydrogens is 384 g/mol. The molecule has 3 aromatic rings. The molecule has 1 atom stereocenters. The van der Waals surface area contributed by atoms with Crippen molar-refractivity contribution in [1.82, 2.24) is 20.2 Å². The lowest BCUT2D eigenvalue weighted by molar-refractivity contribution is 0.615. The molecule has 2 N–H and O–H groups in total. The van der Waals surface area contributed by atoms with E-state index in [1.807, 2.05) is 13.1 Å². The number of rotatable bonds is 7. The number of guanidine groups is 1. The smallest absolute Gasteiger partial charge is 0.191 e. The number of aromatic nitrogens is 2. The van der Waals surface area contributed by atoms with Gasteiger partial charge in [-0.2, -0.15) is 0 Å². The Morgan fingerprint density at radius 1 is 1.13 bits per heavy atom. The van der Waals surface area contributed by atoms with Gasteiger partial charge in [-0.3, -0.25) is 4.99 Å². The van der Waals surface area contributed by atoms with E-state index in [1.165, 1.54) is 42.7 Å². The van der Waals surface area contributed by atoms with Crippen molar-refractivity contribution < 1.29 is 0 Å². The van der Waals surface area contributed by atoms with Crippen LogP contribution in [0.2, 0.25) is 0 Å². The first-order valence-corrected chi connectivity index (χ1v) is 11.4. The summed E-state index contributed by atoms with van der Waals surface area (Å²) in [5.41, 5.74) is 4.88. The predicted octanol–water partition coefficient (Wildman–Crippen LogP) is 4.26. The normalized spacial score (nSPS) is 15.5. The highest BCUT2D eigenvalue weighted by molar-refractivity contribution is 5.80. The third-order valence-electron chi connectivity index (χ3n) is 6.11. The molecule has 1 aliphatic rings. The number of hydrogen-bond donors (Lipinski definition) is 2. The molecule has 0 spiro atoms. The van der Waals surface area contributed by atoms with Crippen LogP contribution in [0.25, 0.3) is 11.0 Å². The summed E-state index contributed by atoms with van der Waals surface area (Å²) in [4.78, 5) is 11.6. The van der Waals surface area contributed by atoms with Gasteiger partial charge in [0.2, 0.25) is 0 Å². The number of nitrogens with zero attached hydrogens (tertiary/aromatic N) is 4. The molecule has 31 heavy (non-hydrogen) atoms. The van der Waals surface area contributed by atoms with Crippen molar-refractivity contribution in [2.45, 2.75) is 45.7 Å². The zero-order valence-corrected chi connectivity index (χ0v) is 18.9. The maximum Gasteiger partial charge on any atom is 0.191 e. The second-order valence-electron chi connectivity index (χ2n) is 8.31. The highest BCUT2D eigenvalue weighted by atomic mass is 15.2. The van der Waals surface area contributed by atoms with Gasteiger partial charge >= 0.3 is 0 Å². The van der Waals surface area contributed by atoms with E-state index < -0.39 is 0 Å². The van der Waals surface area contributed by atoms with Crippen LogP contribution in [0.1, 0.15) is 43.6 Å². The summed E-state index contributed by atoms with van der Waals surface area (Å²) in [6.45, 7) is 8.39. The van der Waals surface area contributed by atoms with E-state index in [2.05, 4.69) is 86.4 Å². The summed E-state index contributed by atoms with van der Waals surface area (Å²) in [6, 6.07) is 17.4. The maximum atomic E-state index is 4.65. The Kier molecular flexibility index (Phi) is 6.75. The van der Waals surface area contributed by atoms with Crippen LogP contribution in [-0.4, -0.2) is 42.2 Å². The third kappa shape index (κ3) is 5.01. The van der Waals surface area contributed by atoms with Gasteiger partial charge in [0.25, 0.3) is 0 Å². The summed E-state index contributed by atoms with van der Waals surface area (Å²) in [5.74, 6) is 1.90. The summed E-state index contributed by atoms with van der Waals surface area (Å²) in [7, 11) is 1.83. The first-order valence-electron chi connectivity index (χ1n) is 11.4. The van der Waals surface area contributed by atoms with Crippen LogP contribution in [0.3, 0.4) is 0 Å². The number of benzene rings is 2. The first kappa shape index (κ1) is 21.2. The van der Waals surface area contributed by atoms with E-state index in [4.69, 9.17) is 0 Å².